The smallest absolute Gasteiger partial charge is 0.0710 e. The summed E-state index contributed by atoms with van der Waals surface area (Å²) in [5.41, 5.74) is 12.4. The maximum Gasteiger partial charge on any atom is 0.0710 e. The van der Waals surface area contributed by atoms with Crippen molar-refractivity contribution in [2.24, 2.45) is 5.92 Å². The fraction of sp³-hybridized carbons (Fsp3) is 0.280. The Labute approximate surface area is 162 Å². The van der Waals surface area contributed by atoms with Gasteiger partial charge in [-0.1, -0.05) is 68.8 Å². The molecule has 2 nitrogen and oxygen atoms in total. The number of rotatable bonds is 6. The molecule has 1 unspecified atom stereocenters. The Morgan fingerprint density at radius 2 is 1.78 bits per heavy atom. The Kier molecular flexibility index (Phi) is 4.89. The van der Waals surface area contributed by atoms with E-state index in [1.165, 1.54) is 40.3 Å². The number of anilines is 2. The number of hydrogen-bond donors (Lipinski definition) is 2. The number of benzene rings is 3. The monoisotopic (exact) mass is 356 g/mol. The van der Waals surface area contributed by atoms with Crippen LogP contribution in [-0.4, -0.2) is 0 Å². The topological polar surface area (TPSA) is 38.0 Å². The largest absolute Gasteiger partial charge is 0.398 e. The molecule has 1 aliphatic carbocycles. The quantitative estimate of drug-likeness (QED) is 0.477. The summed E-state index contributed by atoms with van der Waals surface area (Å²) in [6.07, 6.45) is 5.90. The van der Waals surface area contributed by atoms with Gasteiger partial charge < -0.3 is 11.1 Å². The van der Waals surface area contributed by atoms with Crippen LogP contribution in [0.15, 0.2) is 66.7 Å². The molecule has 3 aromatic carbocycles. The van der Waals surface area contributed by atoms with Crippen molar-refractivity contribution in [2.75, 3.05) is 11.1 Å². The summed E-state index contributed by atoms with van der Waals surface area (Å²) in [6.45, 7) is 4.58. The summed E-state index contributed by atoms with van der Waals surface area (Å²) < 4.78 is 0. The van der Waals surface area contributed by atoms with E-state index in [1.807, 2.05) is 0 Å². The highest BCUT2D eigenvalue weighted by Gasteiger charge is 2.23. The second-order valence-electron chi connectivity index (χ2n) is 7.94. The Morgan fingerprint density at radius 1 is 0.963 bits per heavy atom. The molecule has 0 bridgehead atoms. The van der Waals surface area contributed by atoms with Gasteiger partial charge in [-0.25, -0.2) is 0 Å². The van der Waals surface area contributed by atoms with Gasteiger partial charge in [0.15, 0.2) is 0 Å². The summed E-state index contributed by atoms with van der Waals surface area (Å²) in [4.78, 5) is 0. The summed E-state index contributed by atoms with van der Waals surface area (Å²) in [6, 6.07) is 21.4. The molecule has 0 amide bonds. The number of hydrogen-bond acceptors (Lipinski definition) is 2. The van der Waals surface area contributed by atoms with E-state index in [0.29, 0.717) is 0 Å². The molecule has 1 aliphatic rings. The number of nitrogen functional groups attached to an aromatic ring is 1. The molecule has 0 saturated carbocycles. The van der Waals surface area contributed by atoms with Gasteiger partial charge in [0, 0.05) is 16.9 Å². The van der Waals surface area contributed by atoms with E-state index in [-0.39, 0.29) is 6.04 Å². The summed E-state index contributed by atoms with van der Waals surface area (Å²) in [7, 11) is 0. The third-order valence-corrected chi connectivity index (χ3v) is 5.46. The minimum Gasteiger partial charge on any atom is -0.398 e. The zero-order chi connectivity index (χ0) is 18.8. The zero-order valence-corrected chi connectivity index (χ0v) is 16.2. The van der Waals surface area contributed by atoms with Gasteiger partial charge in [-0.2, -0.15) is 0 Å². The van der Waals surface area contributed by atoms with Crippen molar-refractivity contribution in [3.63, 3.8) is 0 Å². The SMILES string of the molecule is CC(C)CCCC1=CC(Nc2ccccc2)c2cccc3ccc(N)c1c23. The third kappa shape index (κ3) is 3.57. The molecule has 0 aromatic heterocycles. The van der Waals surface area contributed by atoms with Crippen LogP contribution in [0.3, 0.4) is 0 Å². The van der Waals surface area contributed by atoms with Crippen LogP contribution in [0.4, 0.5) is 11.4 Å². The van der Waals surface area contributed by atoms with Gasteiger partial charge in [-0.05, 0) is 58.9 Å². The molecule has 1 atom stereocenters. The highest BCUT2D eigenvalue weighted by Crippen LogP contribution is 2.43. The van der Waals surface area contributed by atoms with E-state index in [1.54, 1.807) is 0 Å². The average Bonchev–Trinajstić information content (AvgIpc) is 2.67. The Hall–Kier alpha value is -2.74. The molecule has 0 spiro atoms. The van der Waals surface area contributed by atoms with Crippen molar-refractivity contribution in [1.29, 1.82) is 0 Å². The number of nitrogens with two attached hydrogens (primary N) is 1. The van der Waals surface area contributed by atoms with Crippen LogP contribution in [-0.2, 0) is 0 Å². The Morgan fingerprint density at radius 3 is 2.56 bits per heavy atom. The maximum absolute atomic E-state index is 6.46. The van der Waals surface area contributed by atoms with E-state index in [0.717, 1.165) is 23.7 Å². The predicted molar refractivity (Wildman–Crippen MR) is 118 cm³/mol. The Bertz CT molecular complexity index is 970. The molecule has 3 N–H and O–H groups in total. The first kappa shape index (κ1) is 17.7. The summed E-state index contributed by atoms with van der Waals surface area (Å²) >= 11 is 0. The molecule has 0 saturated heterocycles. The van der Waals surface area contributed by atoms with Gasteiger partial charge in [-0.15, -0.1) is 0 Å². The predicted octanol–water partition coefficient (Wildman–Crippen LogP) is 6.80. The van der Waals surface area contributed by atoms with E-state index in [2.05, 4.69) is 85.9 Å². The normalized spacial score (nSPS) is 15.8. The van der Waals surface area contributed by atoms with Crippen LogP contribution in [0.2, 0.25) is 0 Å². The first-order valence-electron chi connectivity index (χ1n) is 9.97. The zero-order valence-electron chi connectivity index (χ0n) is 16.2. The molecule has 27 heavy (non-hydrogen) atoms. The van der Waals surface area contributed by atoms with Crippen molar-refractivity contribution >= 4 is 27.7 Å². The van der Waals surface area contributed by atoms with Crippen molar-refractivity contribution in [2.45, 2.75) is 39.2 Å². The van der Waals surface area contributed by atoms with Crippen molar-refractivity contribution in [1.82, 2.24) is 0 Å². The fourth-order valence-corrected chi connectivity index (χ4v) is 4.15. The molecule has 0 heterocycles. The maximum atomic E-state index is 6.46. The van der Waals surface area contributed by atoms with Gasteiger partial charge in [0.2, 0.25) is 0 Å². The number of nitrogens with one attached hydrogen (secondary N) is 1. The van der Waals surface area contributed by atoms with E-state index in [4.69, 9.17) is 5.73 Å². The van der Waals surface area contributed by atoms with Gasteiger partial charge >= 0.3 is 0 Å². The highest BCUT2D eigenvalue weighted by molar-refractivity contribution is 6.03. The van der Waals surface area contributed by atoms with Crippen LogP contribution in [0.25, 0.3) is 16.3 Å². The lowest BCUT2D eigenvalue weighted by molar-refractivity contribution is 0.562. The summed E-state index contributed by atoms with van der Waals surface area (Å²) in [5.74, 6) is 0.729. The minimum absolute atomic E-state index is 0.166. The summed E-state index contributed by atoms with van der Waals surface area (Å²) in [5, 5.41) is 6.30. The molecular formula is C25H28N2. The minimum atomic E-state index is 0.166. The average molecular weight is 357 g/mol. The van der Waals surface area contributed by atoms with Crippen molar-refractivity contribution in [3.8, 4) is 0 Å². The van der Waals surface area contributed by atoms with Crippen LogP contribution in [0, 0.1) is 5.92 Å². The van der Waals surface area contributed by atoms with E-state index < -0.39 is 0 Å². The lowest BCUT2D eigenvalue weighted by atomic mass is 9.82. The standard InChI is InChI=1S/C25H28N2/c1-17(2)8-6-10-19-16-23(27-20-11-4-3-5-12-20)21-13-7-9-18-14-15-22(26)25(19)24(18)21/h3-5,7,9,11-17,23,27H,6,8,10,26H2,1-2H3. The Balaban J connectivity index is 1.78. The third-order valence-electron chi connectivity index (χ3n) is 5.46. The molecule has 0 fully saturated rings. The fourth-order valence-electron chi connectivity index (χ4n) is 4.15. The van der Waals surface area contributed by atoms with Gasteiger partial charge in [0.25, 0.3) is 0 Å². The van der Waals surface area contributed by atoms with Crippen LogP contribution in [0.5, 0.6) is 0 Å². The van der Waals surface area contributed by atoms with Crippen LogP contribution < -0.4 is 11.1 Å². The van der Waals surface area contributed by atoms with Gasteiger partial charge in [0.1, 0.15) is 0 Å². The lowest BCUT2D eigenvalue weighted by Crippen LogP contribution is -2.14. The highest BCUT2D eigenvalue weighted by atomic mass is 14.9. The first-order valence-corrected chi connectivity index (χ1v) is 9.97. The van der Waals surface area contributed by atoms with Gasteiger partial charge in [-0.3, -0.25) is 0 Å². The molecule has 2 heteroatoms. The van der Waals surface area contributed by atoms with Crippen molar-refractivity contribution < 1.29 is 0 Å². The molecule has 138 valence electrons. The van der Waals surface area contributed by atoms with Crippen molar-refractivity contribution in [3.05, 3.63) is 77.9 Å². The van der Waals surface area contributed by atoms with Crippen LogP contribution >= 0.6 is 0 Å². The first-order chi connectivity index (χ1) is 13.1. The second-order valence-corrected chi connectivity index (χ2v) is 7.94. The molecule has 0 aliphatic heterocycles. The molecule has 4 rings (SSSR count). The number of allylic oxidation sites excluding steroid dienone is 1. The second kappa shape index (κ2) is 7.48. The van der Waals surface area contributed by atoms with Gasteiger partial charge in [0.05, 0.1) is 6.04 Å². The molecule has 3 aromatic rings. The van der Waals surface area contributed by atoms with Crippen LogP contribution in [0.1, 0.15) is 50.3 Å². The molecule has 0 radical (unpaired) electrons. The number of para-hydroxylation sites is 1. The molecular weight excluding hydrogens is 328 g/mol. The van der Waals surface area contributed by atoms with E-state index >= 15 is 0 Å². The lowest BCUT2D eigenvalue weighted by Gasteiger charge is -2.28. The van der Waals surface area contributed by atoms with E-state index in [9.17, 15) is 0 Å².